The van der Waals surface area contributed by atoms with E-state index in [-0.39, 0.29) is 6.04 Å². The molecule has 0 aliphatic rings. The van der Waals surface area contributed by atoms with E-state index in [0.717, 1.165) is 5.75 Å². The van der Waals surface area contributed by atoms with Gasteiger partial charge in [0.2, 0.25) is 5.89 Å². The highest BCUT2D eigenvalue weighted by Gasteiger charge is 2.13. The molecule has 1 atom stereocenters. The topological polar surface area (TPSA) is 74.2 Å². The van der Waals surface area contributed by atoms with Gasteiger partial charge in [-0.25, -0.2) is 0 Å². The number of para-hydroxylation sites is 1. The molecule has 0 saturated carbocycles. The number of nitrogens with two attached hydrogens (primary N) is 1. The number of rotatable bonds is 7. The third-order valence-corrected chi connectivity index (χ3v) is 3.11. The molecule has 0 aliphatic carbocycles. The van der Waals surface area contributed by atoms with Gasteiger partial charge in [0, 0.05) is 18.9 Å². The van der Waals surface area contributed by atoms with Gasteiger partial charge in [0.25, 0.3) is 0 Å². The van der Waals surface area contributed by atoms with E-state index in [1.807, 2.05) is 30.3 Å². The fourth-order valence-electron chi connectivity index (χ4n) is 1.69. The molecule has 0 spiro atoms. The molecule has 20 heavy (non-hydrogen) atoms. The molecule has 0 amide bonds. The molecular formula is C15H21N3O2. The average molecular weight is 275 g/mol. The van der Waals surface area contributed by atoms with Crippen LogP contribution in [-0.2, 0) is 12.8 Å². The Morgan fingerprint density at radius 2 is 2.00 bits per heavy atom. The Bertz CT molecular complexity index is 511. The minimum absolute atomic E-state index is 0.0452. The van der Waals surface area contributed by atoms with Gasteiger partial charge >= 0.3 is 0 Å². The molecule has 1 aromatic carbocycles. The van der Waals surface area contributed by atoms with E-state index in [9.17, 15) is 0 Å². The molecule has 5 nitrogen and oxygen atoms in total. The first-order valence-corrected chi connectivity index (χ1v) is 6.90. The minimum atomic E-state index is 0.0452. The van der Waals surface area contributed by atoms with Gasteiger partial charge in [-0.05, 0) is 18.1 Å². The molecule has 1 heterocycles. The van der Waals surface area contributed by atoms with Crippen molar-refractivity contribution in [2.24, 2.45) is 11.7 Å². The lowest BCUT2D eigenvalue weighted by molar-refractivity contribution is 0.312. The molecule has 0 fully saturated rings. The summed E-state index contributed by atoms with van der Waals surface area (Å²) in [6, 6.07) is 9.72. The zero-order valence-electron chi connectivity index (χ0n) is 12.0. The second kappa shape index (κ2) is 7.05. The summed E-state index contributed by atoms with van der Waals surface area (Å²) in [5.74, 6) is 2.50. The van der Waals surface area contributed by atoms with Gasteiger partial charge < -0.3 is 15.0 Å². The molecular weight excluding hydrogens is 254 g/mol. The van der Waals surface area contributed by atoms with Crippen LogP contribution in [0.2, 0.25) is 0 Å². The SMILES string of the molecule is CC(C)C(N)Cc1nc(CCOc2ccccc2)no1. The molecule has 2 rings (SSSR count). The first-order chi connectivity index (χ1) is 9.65. The number of hydrogen-bond donors (Lipinski definition) is 1. The summed E-state index contributed by atoms with van der Waals surface area (Å²) >= 11 is 0. The Kier molecular flexibility index (Phi) is 5.12. The van der Waals surface area contributed by atoms with Gasteiger partial charge in [-0.15, -0.1) is 0 Å². The number of aromatic nitrogens is 2. The van der Waals surface area contributed by atoms with Gasteiger partial charge in [-0.1, -0.05) is 37.2 Å². The van der Waals surface area contributed by atoms with Crippen molar-refractivity contribution in [1.29, 1.82) is 0 Å². The van der Waals surface area contributed by atoms with Gasteiger partial charge in [-0.2, -0.15) is 4.98 Å². The van der Waals surface area contributed by atoms with Crippen LogP contribution in [0.15, 0.2) is 34.9 Å². The molecule has 0 aliphatic heterocycles. The van der Waals surface area contributed by atoms with Gasteiger partial charge in [-0.3, -0.25) is 0 Å². The zero-order valence-corrected chi connectivity index (χ0v) is 12.0. The van der Waals surface area contributed by atoms with Crippen LogP contribution in [0.1, 0.15) is 25.6 Å². The van der Waals surface area contributed by atoms with E-state index >= 15 is 0 Å². The van der Waals surface area contributed by atoms with Crippen molar-refractivity contribution < 1.29 is 9.26 Å². The van der Waals surface area contributed by atoms with Crippen LogP contribution >= 0.6 is 0 Å². The van der Waals surface area contributed by atoms with Crippen LogP contribution in [0.4, 0.5) is 0 Å². The molecule has 0 bridgehead atoms. The Morgan fingerprint density at radius 1 is 1.25 bits per heavy atom. The third-order valence-electron chi connectivity index (χ3n) is 3.11. The average Bonchev–Trinajstić information content (AvgIpc) is 2.87. The maximum Gasteiger partial charge on any atom is 0.228 e. The first kappa shape index (κ1) is 14.5. The highest BCUT2D eigenvalue weighted by molar-refractivity contribution is 5.20. The van der Waals surface area contributed by atoms with Crippen molar-refractivity contribution in [2.45, 2.75) is 32.7 Å². The predicted molar refractivity (Wildman–Crippen MR) is 76.5 cm³/mol. The summed E-state index contributed by atoms with van der Waals surface area (Å²) in [6.07, 6.45) is 1.24. The highest BCUT2D eigenvalue weighted by Crippen LogP contribution is 2.10. The lowest BCUT2D eigenvalue weighted by atomic mass is 10.0. The van der Waals surface area contributed by atoms with E-state index in [2.05, 4.69) is 24.0 Å². The van der Waals surface area contributed by atoms with Crippen LogP contribution in [0.25, 0.3) is 0 Å². The second-order valence-corrected chi connectivity index (χ2v) is 5.13. The van der Waals surface area contributed by atoms with Crippen molar-refractivity contribution in [1.82, 2.24) is 10.1 Å². The van der Waals surface area contributed by atoms with Crippen LogP contribution < -0.4 is 10.5 Å². The Morgan fingerprint density at radius 3 is 2.70 bits per heavy atom. The van der Waals surface area contributed by atoms with Crippen molar-refractivity contribution >= 4 is 0 Å². The van der Waals surface area contributed by atoms with Crippen LogP contribution in [0.5, 0.6) is 5.75 Å². The lowest BCUT2D eigenvalue weighted by Crippen LogP contribution is -2.28. The first-order valence-electron chi connectivity index (χ1n) is 6.90. The maximum atomic E-state index is 5.98. The van der Waals surface area contributed by atoms with E-state index in [4.69, 9.17) is 15.0 Å². The van der Waals surface area contributed by atoms with E-state index in [1.165, 1.54) is 0 Å². The molecule has 0 radical (unpaired) electrons. The molecule has 1 aromatic heterocycles. The largest absolute Gasteiger partial charge is 0.493 e. The van der Waals surface area contributed by atoms with Crippen molar-refractivity contribution in [3.63, 3.8) is 0 Å². The summed E-state index contributed by atoms with van der Waals surface area (Å²) in [5, 5.41) is 3.94. The zero-order chi connectivity index (χ0) is 14.4. The molecule has 108 valence electrons. The fourth-order valence-corrected chi connectivity index (χ4v) is 1.69. The number of benzene rings is 1. The standard InChI is InChI=1S/C15H21N3O2/c1-11(2)13(16)10-15-17-14(18-20-15)8-9-19-12-6-4-3-5-7-12/h3-7,11,13H,8-10,16H2,1-2H3. The van der Waals surface area contributed by atoms with Gasteiger partial charge in [0.1, 0.15) is 5.75 Å². The van der Waals surface area contributed by atoms with E-state index < -0.39 is 0 Å². The summed E-state index contributed by atoms with van der Waals surface area (Å²) in [6.45, 7) is 4.69. The van der Waals surface area contributed by atoms with Crippen molar-refractivity contribution in [3.8, 4) is 5.75 Å². The van der Waals surface area contributed by atoms with Crippen molar-refractivity contribution in [2.75, 3.05) is 6.61 Å². The minimum Gasteiger partial charge on any atom is -0.493 e. The van der Waals surface area contributed by atoms with Gasteiger partial charge in [0.15, 0.2) is 5.82 Å². The fraction of sp³-hybridized carbons (Fsp3) is 0.467. The van der Waals surface area contributed by atoms with Crippen LogP contribution in [-0.4, -0.2) is 22.8 Å². The number of nitrogens with zero attached hydrogens (tertiary/aromatic N) is 2. The second-order valence-electron chi connectivity index (χ2n) is 5.13. The highest BCUT2D eigenvalue weighted by atomic mass is 16.5. The maximum absolute atomic E-state index is 5.98. The number of hydrogen-bond acceptors (Lipinski definition) is 5. The quantitative estimate of drug-likeness (QED) is 0.838. The smallest absolute Gasteiger partial charge is 0.228 e. The third kappa shape index (κ3) is 4.35. The van der Waals surface area contributed by atoms with E-state index in [0.29, 0.717) is 37.1 Å². The van der Waals surface area contributed by atoms with Crippen LogP contribution in [0.3, 0.4) is 0 Å². The lowest BCUT2D eigenvalue weighted by Gasteiger charge is -2.11. The number of ether oxygens (including phenoxy) is 1. The normalized spacial score (nSPS) is 12.6. The summed E-state index contributed by atoms with van der Waals surface area (Å²) in [4.78, 5) is 4.33. The molecule has 1 unspecified atom stereocenters. The summed E-state index contributed by atoms with van der Waals surface area (Å²) in [7, 11) is 0. The summed E-state index contributed by atoms with van der Waals surface area (Å²) in [5.41, 5.74) is 5.98. The molecule has 0 saturated heterocycles. The predicted octanol–water partition coefficient (Wildman–Crippen LogP) is 2.22. The molecule has 2 aromatic rings. The monoisotopic (exact) mass is 275 g/mol. The molecule has 2 N–H and O–H groups in total. The Labute approximate surface area is 119 Å². The molecule has 5 heteroatoms. The Hall–Kier alpha value is -1.88. The van der Waals surface area contributed by atoms with E-state index in [1.54, 1.807) is 0 Å². The summed E-state index contributed by atoms with van der Waals surface area (Å²) < 4.78 is 10.8. The van der Waals surface area contributed by atoms with Crippen molar-refractivity contribution in [3.05, 3.63) is 42.0 Å². The Balaban J connectivity index is 1.78. The van der Waals surface area contributed by atoms with Gasteiger partial charge in [0.05, 0.1) is 6.61 Å². The van der Waals surface area contributed by atoms with Crippen LogP contribution in [0, 0.1) is 5.92 Å².